The van der Waals surface area contributed by atoms with Gasteiger partial charge in [0.05, 0.1) is 16.6 Å². The Morgan fingerprint density at radius 1 is 1.37 bits per heavy atom. The molecule has 1 fully saturated rings. The van der Waals surface area contributed by atoms with Crippen LogP contribution in [0.3, 0.4) is 0 Å². The minimum absolute atomic E-state index is 0.339. The monoisotopic (exact) mass is 337 g/mol. The maximum Gasteiger partial charge on any atom is 0.416 e. The summed E-state index contributed by atoms with van der Waals surface area (Å²) in [5, 5.41) is 3.27. The van der Waals surface area contributed by atoms with Gasteiger partial charge < -0.3 is 10.1 Å². The lowest BCUT2D eigenvalue weighted by Gasteiger charge is -2.23. The SMILES string of the molecule is FC(F)(F)c1ccc(OCC2CCCNC2)c(Br)c1. The smallest absolute Gasteiger partial charge is 0.416 e. The number of hydrogen-bond acceptors (Lipinski definition) is 2. The third-order valence-corrected chi connectivity index (χ3v) is 3.75. The van der Waals surface area contributed by atoms with Crippen molar-refractivity contribution in [3.05, 3.63) is 28.2 Å². The molecule has 2 rings (SSSR count). The van der Waals surface area contributed by atoms with Crippen molar-refractivity contribution in [1.82, 2.24) is 5.32 Å². The first-order valence-electron chi connectivity index (χ1n) is 6.17. The number of rotatable bonds is 3. The minimum Gasteiger partial charge on any atom is -0.492 e. The van der Waals surface area contributed by atoms with Crippen molar-refractivity contribution in [1.29, 1.82) is 0 Å². The number of hydrogen-bond donors (Lipinski definition) is 1. The van der Waals surface area contributed by atoms with Crippen molar-refractivity contribution in [3.8, 4) is 5.75 Å². The predicted molar refractivity (Wildman–Crippen MR) is 70.2 cm³/mol. The van der Waals surface area contributed by atoms with Gasteiger partial charge in [-0.25, -0.2) is 0 Å². The summed E-state index contributed by atoms with van der Waals surface area (Å²) >= 11 is 3.12. The van der Waals surface area contributed by atoms with E-state index in [0.717, 1.165) is 38.1 Å². The average molecular weight is 338 g/mol. The van der Waals surface area contributed by atoms with Crippen molar-refractivity contribution in [3.63, 3.8) is 0 Å². The molecule has 0 saturated carbocycles. The summed E-state index contributed by atoms with van der Waals surface area (Å²) < 4.78 is 43.4. The molecule has 1 saturated heterocycles. The number of benzene rings is 1. The molecule has 106 valence electrons. The predicted octanol–water partition coefficient (Wildman–Crippen LogP) is 3.85. The number of halogens is 4. The van der Waals surface area contributed by atoms with Crippen LogP contribution in [-0.4, -0.2) is 19.7 Å². The highest BCUT2D eigenvalue weighted by atomic mass is 79.9. The van der Waals surface area contributed by atoms with Crippen molar-refractivity contribution in [2.45, 2.75) is 19.0 Å². The van der Waals surface area contributed by atoms with Crippen LogP contribution in [0.25, 0.3) is 0 Å². The van der Waals surface area contributed by atoms with Gasteiger partial charge in [-0.2, -0.15) is 13.2 Å². The molecule has 1 heterocycles. The molecule has 0 bridgehead atoms. The first-order valence-corrected chi connectivity index (χ1v) is 6.96. The molecule has 6 heteroatoms. The Hall–Kier alpha value is -0.750. The normalized spacial score (nSPS) is 20.3. The van der Waals surface area contributed by atoms with Gasteiger partial charge in [0.25, 0.3) is 0 Å². The van der Waals surface area contributed by atoms with E-state index in [1.54, 1.807) is 0 Å². The summed E-state index contributed by atoms with van der Waals surface area (Å²) in [6.45, 7) is 2.45. The van der Waals surface area contributed by atoms with E-state index < -0.39 is 11.7 Å². The summed E-state index contributed by atoms with van der Waals surface area (Å²) in [4.78, 5) is 0. The zero-order chi connectivity index (χ0) is 13.9. The van der Waals surface area contributed by atoms with Crippen molar-refractivity contribution in [2.24, 2.45) is 5.92 Å². The van der Waals surface area contributed by atoms with Crippen molar-refractivity contribution >= 4 is 15.9 Å². The molecule has 1 aliphatic rings. The second-order valence-corrected chi connectivity index (χ2v) is 5.52. The number of ether oxygens (including phenoxy) is 1. The zero-order valence-electron chi connectivity index (χ0n) is 10.3. The lowest BCUT2D eigenvalue weighted by atomic mass is 10.0. The van der Waals surface area contributed by atoms with E-state index in [1.807, 2.05) is 0 Å². The number of piperidine rings is 1. The van der Waals surface area contributed by atoms with Gasteiger partial charge in [-0.15, -0.1) is 0 Å². The van der Waals surface area contributed by atoms with Gasteiger partial charge in [-0.1, -0.05) is 0 Å². The highest BCUT2D eigenvalue weighted by Crippen LogP contribution is 2.35. The second-order valence-electron chi connectivity index (χ2n) is 4.67. The van der Waals surface area contributed by atoms with E-state index >= 15 is 0 Å². The fourth-order valence-electron chi connectivity index (χ4n) is 2.07. The van der Waals surface area contributed by atoms with Crippen LogP contribution in [0.5, 0.6) is 5.75 Å². The second kappa shape index (κ2) is 6.13. The van der Waals surface area contributed by atoms with Crippen LogP contribution in [0.15, 0.2) is 22.7 Å². The van der Waals surface area contributed by atoms with Crippen molar-refractivity contribution < 1.29 is 17.9 Å². The summed E-state index contributed by atoms with van der Waals surface area (Å²) in [5.41, 5.74) is -0.675. The zero-order valence-corrected chi connectivity index (χ0v) is 11.9. The van der Waals surface area contributed by atoms with Crippen LogP contribution >= 0.6 is 15.9 Å². The third kappa shape index (κ3) is 4.11. The van der Waals surface area contributed by atoms with E-state index in [1.165, 1.54) is 6.07 Å². The van der Waals surface area contributed by atoms with Gasteiger partial charge in [0.2, 0.25) is 0 Å². The molecule has 1 aromatic rings. The third-order valence-electron chi connectivity index (χ3n) is 3.13. The van der Waals surface area contributed by atoms with Gasteiger partial charge in [0, 0.05) is 12.5 Å². The van der Waals surface area contributed by atoms with E-state index in [2.05, 4.69) is 21.2 Å². The number of nitrogens with one attached hydrogen (secondary N) is 1. The Bertz CT molecular complexity index is 430. The van der Waals surface area contributed by atoms with E-state index in [-0.39, 0.29) is 0 Å². The quantitative estimate of drug-likeness (QED) is 0.904. The molecule has 2 nitrogen and oxygen atoms in total. The topological polar surface area (TPSA) is 21.3 Å². The Morgan fingerprint density at radius 2 is 2.16 bits per heavy atom. The Morgan fingerprint density at radius 3 is 2.74 bits per heavy atom. The molecule has 0 amide bonds. The summed E-state index contributed by atoms with van der Waals surface area (Å²) in [6, 6.07) is 3.46. The maximum absolute atomic E-state index is 12.5. The molecule has 19 heavy (non-hydrogen) atoms. The molecule has 0 aliphatic carbocycles. The molecule has 0 spiro atoms. The average Bonchev–Trinajstić information content (AvgIpc) is 2.37. The summed E-state index contributed by atoms with van der Waals surface area (Å²) in [6.07, 6.45) is -2.12. The first-order chi connectivity index (χ1) is 8.97. The molecule has 1 aliphatic heterocycles. The molecule has 1 N–H and O–H groups in total. The van der Waals surface area contributed by atoms with Crippen LogP contribution in [0.4, 0.5) is 13.2 Å². The lowest BCUT2D eigenvalue weighted by Crippen LogP contribution is -2.33. The molecular weight excluding hydrogens is 323 g/mol. The molecule has 0 radical (unpaired) electrons. The number of alkyl halides is 3. The van der Waals surface area contributed by atoms with Gasteiger partial charge in [-0.05, 0) is 53.5 Å². The molecule has 1 aromatic carbocycles. The van der Waals surface area contributed by atoms with E-state index in [9.17, 15) is 13.2 Å². The first kappa shape index (κ1) is 14.7. The summed E-state index contributed by atoms with van der Waals surface area (Å²) in [5.74, 6) is 0.876. The van der Waals surface area contributed by atoms with E-state index in [4.69, 9.17) is 4.74 Å². The van der Waals surface area contributed by atoms with Gasteiger partial charge in [-0.3, -0.25) is 0 Å². The molecular formula is C13H15BrF3NO. The van der Waals surface area contributed by atoms with Crippen LogP contribution in [0.1, 0.15) is 18.4 Å². The molecule has 1 atom stereocenters. The highest BCUT2D eigenvalue weighted by Gasteiger charge is 2.31. The van der Waals surface area contributed by atoms with Crippen LogP contribution in [0, 0.1) is 5.92 Å². The standard InChI is InChI=1S/C13H15BrF3NO/c14-11-6-10(13(15,16)17)3-4-12(11)19-8-9-2-1-5-18-7-9/h3-4,6,9,18H,1-2,5,7-8H2. The molecule has 0 aromatic heterocycles. The van der Waals surface area contributed by atoms with Gasteiger partial charge in [0.1, 0.15) is 5.75 Å². The summed E-state index contributed by atoms with van der Waals surface area (Å²) in [7, 11) is 0. The molecule has 1 unspecified atom stereocenters. The van der Waals surface area contributed by atoms with Crippen LogP contribution in [0.2, 0.25) is 0 Å². The Balaban J connectivity index is 1.97. The fraction of sp³-hybridized carbons (Fsp3) is 0.538. The minimum atomic E-state index is -4.33. The Kier molecular flexibility index (Phi) is 4.73. The van der Waals surface area contributed by atoms with Gasteiger partial charge in [0.15, 0.2) is 0 Å². The van der Waals surface area contributed by atoms with E-state index in [0.29, 0.717) is 22.7 Å². The largest absolute Gasteiger partial charge is 0.492 e. The van der Waals surface area contributed by atoms with Gasteiger partial charge >= 0.3 is 6.18 Å². The maximum atomic E-state index is 12.5. The lowest BCUT2D eigenvalue weighted by molar-refractivity contribution is -0.137. The Labute approximate surface area is 118 Å². The van der Waals surface area contributed by atoms with Crippen molar-refractivity contribution in [2.75, 3.05) is 19.7 Å². The highest BCUT2D eigenvalue weighted by molar-refractivity contribution is 9.10. The fourth-order valence-corrected chi connectivity index (χ4v) is 2.56. The van der Waals surface area contributed by atoms with Crippen LogP contribution in [-0.2, 0) is 6.18 Å². The van der Waals surface area contributed by atoms with Crippen LogP contribution < -0.4 is 10.1 Å².